The number of nitrogens with two attached hydrogens (primary N) is 1. The second kappa shape index (κ2) is 4.64. The smallest absolute Gasteiger partial charge is 0.262 e. The van der Waals surface area contributed by atoms with Gasteiger partial charge in [-0.1, -0.05) is 13.8 Å². The van der Waals surface area contributed by atoms with E-state index < -0.39 is 0 Å². The Bertz CT molecular complexity index is 302. The van der Waals surface area contributed by atoms with Gasteiger partial charge in [0, 0.05) is 0 Å². The van der Waals surface area contributed by atoms with E-state index >= 15 is 0 Å². The van der Waals surface area contributed by atoms with Gasteiger partial charge in [-0.3, -0.25) is 0 Å². The minimum absolute atomic E-state index is 0.293. The molecular formula is C9H15N3O2. The zero-order chi connectivity index (χ0) is 10.6. The molecule has 1 aromatic heterocycles. The van der Waals surface area contributed by atoms with Crippen molar-refractivity contribution in [1.29, 1.82) is 0 Å². The number of hydrogen-bond donors (Lipinski definition) is 1. The maximum atomic E-state index is 5.58. The first-order valence-corrected chi connectivity index (χ1v) is 4.42. The van der Waals surface area contributed by atoms with Crippen molar-refractivity contribution in [2.75, 3.05) is 19.5 Å². The summed E-state index contributed by atoms with van der Waals surface area (Å²) in [5.41, 5.74) is 5.58. The first kappa shape index (κ1) is 10.6. The highest BCUT2D eigenvalue weighted by Gasteiger charge is 2.10. The summed E-state index contributed by atoms with van der Waals surface area (Å²) < 4.78 is 10.4. The first-order valence-electron chi connectivity index (χ1n) is 4.42. The van der Waals surface area contributed by atoms with Crippen molar-refractivity contribution in [3.8, 4) is 11.6 Å². The van der Waals surface area contributed by atoms with Crippen LogP contribution in [-0.4, -0.2) is 23.7 Å². The maximum absolute atomic E-state index is 5.58. The Morgan fingerprint density at radius 2 is 2.14 bits per heavy atom. The minimum Gasteiger partial charge on any atom is -0.489 e. The van der Waals surface area contributed by atoms with Gasteiger partial charge in [-0.15, -0.1) is 0 Å². The number of nitrogens with zero attached hydrogens (tertiary/aromatic N) is 2. The van der Waals surface area contributed by atoms with E-state index in [1.807, 2.05) is 0 Å². The molecule has 0 unspecified atom stereocenters. The van der Waals surface area contributed by atoms with E-state index in [9.17, 15) is 0 Å². The normalized spacial score (nSPS) is 10.3. The lowest BCUT2D eigenvalue weighted by Gasteiger charge is -2.11. The van der Waals surface area contributed by atoms with Crippen LogP contribution in [0, 0.1) is 5.92 Å². The molecule has 0 fully saturated rings. The van der Waals surface area contributed by atoms with Gasteiger partial charge in [-0.2, -0.15) is 4.98 Å². The van der Waals surface area contributed by atoms with E-state index in [0.717, 1.165) is 0 Å². The van der Waals surface area contributed by atoms with Crippen molar-refractivity contribution >= 4 is 5.82 Å². The largest absolute Gasteiger partial charge is 0.489 e. The third-order valence-corrected chi connectivity index (χ3v) is 1.56. The van der Waals surface area contributed by atoms with E-state index in [4.69, 9.17) is 15.2 Å². The Labute approximate surface area is 83.3 Å². The fourth-order valence-electron chi connectivity index (χ4n) is 0.911. The summed E-state index contributed by atoms with van der Waals surface area (Å²) in [6.07, 6.45) is 1.35. The molecular weight excluding hydrogens is 182 g/mol. The molecule has 5 nitrogen and oxygen atoms in total. The predicted octanol–water partition coefficient (Wildman–Crippen LogP) is 1.10. The molecule has 2 N–H and O–H groups in total. The lowest BCUT2D eigenvalue weighted by molar-refractivity contribution is 0.246. The monoisotopic (exact) mass is 197 g/mol. The van der Waals surface area contributed by atoms with Gasteiger partial charge < -0.3 is 15.2 Å². The van der Waals surface area contributed by atoms with Gasteiger partial charge in [0.05, 0.1) is 13.7 Å². The number of hydrogen-bond acceptors (Lipinski definition) is 5. The molecule has 0 aromatic carbocycles. The molecule has 1 aromatic rings. The molecule has 0 aliphatic heterocycles. The number of ether oxygens (including phenoxy) is 2. The zero-order valence-electron chi connectivity index (χ0n) is 8.65. The van der Waals surface area contributed by atoms with Crippen LogP contribution in [0.15, 0.2) is 6.33 Å². The van der Waals surface area contributed by atoms with E-state index in [1.54, 1.807) is 0 Å². The molecule has 78 valence electrons. The van der Waals surface area contributed by atoms with Crippen LogP contribution in [0.4, 0.5) is 5.82 Å². The quantitative estimate of drug-likeness (QED) is 0.782. The molecule has 0 amide bonds. The summed E-state index contributed by atoms with van der Waals surface area (Å²) in [6.45, 7) is 4.68. The van der Waals surface area contributed by atoms with Crippen LogP contribution in [-0.2, 0) is 0 Å². The van der Waals surface area contributed by atoms with Crippen molar-refractivity contribution < 1.29 is 9.47 Å². The summed E-state index contributed by atoms with van der Waals surface area (Å²) in [7, 11) is 1.51. The maximum Gasteiger partial charge on any atom is 0.262 e. The minimum atomic E-state index is 0.293. The average molecular weight is 197 g/mol. The van der Waals surface area contributed by atoms with Gasteiger partial charge in [0.2, 0.25) is 5.75 Å². The Hall–Kier alpha value is -1.52. The number of rotatable bonds is 4. The van der Waals surface area contributed by atoms with Gasteiger partial charge >= 0.3 is 0 Å². The number of nitrogen functional groups attached to an aromatic ring is 1. The van der Waals surface area contributed by atoms with Crippen molar-refractivity contribution in [1.82, 2.24) is 9.97 Å². The van der Waals surface area contributed by atoms with Gasteiger partial charge in [0.25, 0.3) is 5.88 Å². The highest BCUT2D eigenvalue weighted by molar-refractivity contribution is 5.51. The molecule has 0 saturated carbocycles. The summed E-state index contributed by atoms with van der Waals surface area (Å²) in [4.78, 5) is 7.74. The fraction of sp³-hybridized carbons (Fsp3) is 0.556. The Morgan fingerprint density at radius 1 is 1.43 bits per heavy atom. The molecule has 0 bridgehead atoms. The van der Waals surface area contributed by atoms with Crippen LogP contribution in [0.25, 0.3) is 0 Å². The summed E-state index contributed by atoms with van der Waals surface area (Å²) in [5.74, 6) is 1.51. The molecule has 0 radical (unpaired) electrons. The topological polar surface area (TPSA) is 70.3 Å². The number of anilines is 1. The summed E-state index contributed by atoms with van der Waals surface area (Å²) >= 11 is 0. The van der Waals surface area contributed by atoms with Crippen LogP contribution in [0.5, 0.6) is 11.6 Å². The van der Waals surface area contributed by atoms with Gasteiger partial charge in [-0.05, 0) is 5.92 Å². The zero-order valence-corrected chi connectivity index (χ0v) is 8.65. The van der Waals surface area contributed by atoms with Gasteiger partial charge in [-0.25, -0.2) is 4.98 Å². The first-order chi connectivity index (χ1) is 6.65. The third-order valence-electron chi connectivity index (χ3n) is 1.56. The SMILES string of the molecule is COc1c(N)ncnc1OCC(C)C. The molecule has 1 heterocycles. The lowest BCUT2D eigenvalue weighted by atomic mass is 10.2. The molecule has 0 spiro atoms. The predicted molar refractivity (Wildman–Crippen MR) is 53.3 cm³/mol. The van der Waals surface area contributed by atoms with Crippen LogP contribution in [0.3, 0.4) is 0 Å². The molecule has 5 heteroatoms. The fourth-order valence-corrected chi connectivity index (χ4v) is 0.911. The van der Waals surface area contributed by atoms with Crippen LogP contribution in [0.1, 0.15) is 13.8 Å². The molecule has 0 atom stereocenters. The third kappa shape index (κ3) is 2.48. The Kier molecular flexibility index (Phi) is 3.50. The van der Waals surface area contributed by atoms with Crippen LogP contribution in [0.2, 0.25) is 0 Å². The highest BCUT2D eigenvalue weighted by atomic mass is 16.5. The molecule has 0 aliphatic carbocycles. The van der Waals surface area contributed by atoms with Crippen molar-refractivity contribution in [3.05, 3.63) is 6.33 Å². The summed E-state index contributed by atoms with van der Waals surface area (Å²) in [6, 6.07) is 0. The van der Waals surface area contributed by atoms with E-state index in [1.165, 1.54) is 13.4 Å². The molecule has 0 aliphatic rings. The second-order valence-corrected chi connectivity index (χ2v) is 3.30. The number of methoxy groups -OCH3 is 1. The van der Waals surface area contributed by atoms with Crippen molar-refractivity contribution in [2.45, 2.75) is 13.8 Å². The Morgan fingerprint density at radius 3 is 2.71 bits per heavy atom. The molecule has 1 rings (SSSR count). The standard InChI is InChI=1S/C9H15N3O2/c1-6(2)4-14-9-7(13-3)8(10)11-5-12-9/h5-6H,4H2,1-3H3,(H2,10,11,12). The molecule has 0 saturated heterocycles. The second-order valence-electron chi connectivity index (χ2n) is 3.30. The number of aromatic nitrogens is 2. The Balaban J connectivity index is 2.80. The molecule has 14 heavy (non-hydrogen) atoms. The van der Waals surface area contributed by atoms with E-state index in [2.05, 4.69) is 23.8 Å². The van der Waals surface area contributed by atoms with Crippen molar-refractivity contribution in [3.63, 3.8) is 0 Å². The van der Waals surface area contributed by atoms with Gasteiger partial charge in [0.1, 0.15) is 6.33 Å². The lowest BCUT2D eigenvalue weighted by Crippen LogP contribution is -2.08. The van der Waals surface area contributed by atoms with Gasteiger partial charge in [0.15, 0.2) is 5.82 Å². The van der Waals surface area contributed by atoms with Crippen LogP contribution < -0.4 is 15.2 Å². The van der Waals surface area contributed by atoms with Crippen molar-refractivity contribution in [2.24, 2.45) is 5.92 Å². The highest BCUT2D eigenvalue weighted by Crippen LogP contribution is 2.28. The van der Waals surface area contributed by atoms with Crippen LogP contribution >= 0.6 is 0 Å². The summed E-state index contributed by atoms with van der Waals surface area (Å²) in [5, 5.41) is 0. The van der Waals surface area contributed by atoms with E-state index in [-0.39, 0.29) is 0 Å². The average Bonchev–Trinajstić information content (AvgIpc) is 2.14. The van der Waals surface area contributed by atoms with E-state index in [0.29, 0.717) is 30.0 Å².